The van der Waals surface area contributed by atoms with Crippen LogP contribution in [0.15, 0.2) is 36.7 Å². The van der Waals surface area contributed by atoms with Gasteiger partial charge in [0.15, 0.2) is 0 Å². The highest BCUT2D eigenvalue weighted by molar-refractivity contribution is 6.30. The Bertz CT molecular complexity index is 675. The number of amides is 1. The Morgan fingerprint density at radius 3 is 2.64 bits per heavy atom. The van der Waals surface area contributed by atoms with Crippen LogP contribution < -0.4 is 10.6 Å². The summed E-state index contributed by atoms with van der Waals surface area (Å²) in [5.74, 6) is 0.357. The van der Waals surface area contributed by atoms with Crippen LogP contribution in [0, 0.1) is 0 Å². The molecule has 1 aromatic carbocycles. The van der Waals surface area contributed by atoms with Crippen LogP contribution in [-0.2, 0) is 6.42 Å². The number of benzene rings is 1. The molecule has 1 amide bonds. The molecule has 25 heavy (non-hydrogen) atoms. The van der Waals surface area contributed by atoms with Gasteiger partial charge in [0.1, 0.15) is 0 Å². The van der Waals surface area contributed by atoms with Gasteiger partial charge in [0.2, 0.25) is 5.95 Å². The van der Waals surface area contributed by atoms with Crippen molar-refractivity contribution >= 4 is 23.5 Å². The van der Waals surface area contributed by atoms with Crippen molar-refractivity contribution in [3.8, 4) is 0 Å². The minimum absolute atomic E-state index is 0.179. The summed E-state index contributed by atoms with van der Waals surface area (Å²) in [4.78, 5) is 22.6. The number of anilines is 1. The van der Waals surface area contributed by atoms with E-state index in [-0.39, 0.29) is 5.91 Å². The van der Waals surface area contributed by atoms with E-state index in [1.54, 1.807) is 0 Å². The maximum Gasteiger partial charge on any atom is 0.254 e. The topological polar surface area (TPSA) is 70.2 Å². The van der Waals surface area contributed by atoms with Gasteiger partial charge in [-0.25, -0.2) is 9.97 Å². The lowest BCUT2D eigenvalue weighted by molar-refractivity contribution is 0.0953. The molecule has 0 aliphatic heterocycles. The minimum Gasteiger partial charge on any atom is -0.354 e. The zero-order valence-electron chi connectivity index (χ0n) is 14.6. The molecule has 0 saturated carbocycles. The molecule has 0 atom stereocenters. The van der Waals surface area contributed by atoms with Gasteiger partial charge < -0.3 is 15.5 Å². The first-order valence-corrected chi connectivity index (χ1v) is 8.65. The van der Waals surface area contributed by atoms with Crippen LogP contribution in [0.3, 0.4) is 0 Å². The Morgan fingerprint density at radius 2 is 1.96 bits per heavy atom. The molecule has 0 aliphatic carbocycles. The normalized spacial score (nSPS) is 10.7. The Kier molecular flexibility index (Phi) is 7.63. The van der Waals surface area contributed by atoms with E-state index >= 15 is 0 Å². The van der Waals surface area contributed by atoms with E-state index < -0.39 is 0 Å². The summed E-state index contributed by atoms with van der Waals surface area (Å²) < 4.78 is 0. The van der Waals surface area contributed by atoms with Crippen LogP contribution in [0.2, 0.25) is 5.02 Å². The van der Waals surface area contributed by atoms with Crippen molar-refractivity contribution in [3.05, 3.63) is 52.8 Å². The number of halogens is 1. The second-order valence-corrected chi connectivity index (χ2v) is 6.45. The molecule has 2 N–H and O–H groups in total. The van der Waals surface area contributed by atoms with Crippen molar-refractivity contribution < 1.29 is 4.79 Å². The average molecular weight is 362 g/mol. The van der Waals surface area contributed by atoms with Crippen molar-refractivity contribution in [2.75, 3.05) is 39.0 Å². The maximum atomic E-state index is 12.1. The minimum atomic E-state index is -0.179. The van der Waals surface area contributed by atoms with Gasteiger partial charge in [-0.1, -0.05) is 23.7 Å². The first-order chi connectivity index (χ1) is 12.0. The molecule has 0 radical (unpaired) electrons. The second kappa shape index (κ2) is 9.96. The van der Waals surface area contributed by atoms with Crippen molar-refractivity contribution in [2.45, 2.75) is 12.8 Å². The fourth-order valence-corrected chi connectivity index (χ4v) is 2.46. The molecule has 7 heteroatoms. The summed E-state index contributed by atoms with van der Waals surface area (Å²) in [5, 5.41) is 6.71. The van der Waals surface area contributed by atoms with Crippen LogP contribution in [0.4, 0.5) is 5.95 Å². The van der Waals surface area contributed by atoms with Crippen molar-refractivity contribution in [3.63, 3.8) is 0 Å². The molecule has 6 nitrogen and oxygen atoms in total. The average Bonchev–Trinajstić information content (AvgIpc) is 2.59. The van der Waals surface area contributed by atoms with E-state index in [9.17, 15) is 4.79 Å². The van der Waals surface area contributed by atoms with E-state index in [4.69, 9.17) is 11.6 Å². The fourth-order valence-electron chi connectivity index (χ4n) is 2.25. The smallest absolute Gasteiger partial charge is 0.254 e. The highest BCUT2D eigenvalue weighted by Gasteiger charge is 2.07. The molecular formula is C18H24ClN5O. The number of aromatic nitrogens is 2. The first-order valence-electron chi connectivity index (χ1n) is 8.28. The van der Waals surface area contributed by atoms with Gasteiger partial charge >= 0.3 is 0 Å². The number of rotatable bonds is 9. The van der Waals surface area contributed by atoms with E-state index in [1.165, 1.54) is 12.4 Å². The molecule has 2 rings (SSSR count). The third-order valence-electron chi connectivity index (χ3n) is 3.57. The van der Waals surface area contributed by atoms with Crippen LogP contribution in [0.1, 0.15) is 22.3 Å². The SMILES string of the molecule is CN(C)CCCNc1ncc(C(=O)NCCc2cccc(Cl)c2)cn1. The molecule has 0 unspecified atom stereocenters. The Hall–Kier alpha value is -2.18. The summed E-state index contributed by atoms with van der Waals surface area (Å²) in [5.41, 5.74) is 1.53. The lowest BCUT2D eigenvalue weighted by Gasteiger charge is -2.10. The first kappa shape index (κ1) is 19.1. The Labute approximate surface area is 153 Å². The lowest BCUT2D eigenvalue weighted by atomic mass is 10.1. The molecule has 1 aromatic heterocycles. The summed E-state index contributed by atoms with van der Waals surface area (Å²) in [6.07, 6.45) is 4.80. The van der Waals surface area contributed by atoms with Crippen LogP contribution in [0.25, 0.3) is 0 Å². The van der Waals surface area contributed by atoms with Gasteiger partial charge in [0.25, 0.3) is 5.91 Å². The van der Waals surface area contributed by atoms with E-state index in [2.05, 4.69) is 25.5 Å². The fraction of sp³-hybridized carbons (Fsp3) is 0.389. The third kappa shape index (κ3) is 7.07. The molecule has 0 bridgehead atoms. The number of hydrogen-bond acceptors (Lipinski definition) is 5. The molecule has 0 spiro atoms. The number of carbonyl (C=O) groups is 1. The maximum absolute atomic E-state index is 12.1. The van der Waals surface area contributed by atoms with Crippen LogP contribution >= 0.6 is 11.6 Å². The number of hydrogen-bond donors (Lipinski definition) is 2. The van der Waals surface area contributed by atoms with Gasteiger partial charge in [-0.3, -0.25) is 4.79 Å². The summed E-state index contributed by atoms with van der Waals surface area (Å²) in [6.45, 7) is 2.33. The molecular weight excluding hydrogens is 338 g/mol. The van der Waals surface area contributed by atoms with E-state index in [1.807, 2.05) is 38.4 Å². The molecule has 0 fully saturated rings. The predicted molar refractivity (Wildman–Crippen MR) is 101 cm³/mol. The molecule has 2 aromatic rings. The van der Waals surface area contributed by atoms with Crippen molar-refractivity contribution in [2.24, 2.45) is 0 Å². The number of nitrogens with zero attached hydrogens (tertiary/aromatic N) is 3. The van der Waals surface area contributed by atoms with Crippen LogP contribution in [-0.4, -0.2) is 54.5 Å². The van der Waals surface area contributed by atoms with Crippen LogP contribution in [0.5, 0.6) is 0 Å². The largest absolute Gasteiger partial charge is 0.354 e. The van der Waals surface area contributed by atoms with Gasteiger partial charge in [-0.15, -0.1) is 0 Å². The summed E-state index contributed by atoms with van der Waals surface area (Å²) in [7, 11) is 4.08. The zero-order chi connectivity index (χ0) is 18.1. The second-order valence-electron chi connectivity index (χ2n) is 6.01. The third-order valence-corrected chi connectivity index (χ3v) is 3.80. The quantitative estimate of drug-likeness (QED) is 0.671. The van der Waals surface area contributed by atoms with Crippen molar-refractivity contribution in [1.82, 2.24) is 20.2 Å². The standard InChI is InChI=1S/C18H24ClN5O/c1-24(2)10-4-8-21-18-22-12-15(13-23-18)17(25)20-9-7-14-5-3-6-16(19)11-14/h3,5-6,11-13H,4,7-10H2,1-2H3,(H,20,25)(H,21,22,23). The Morgan fingerprint density at radius 1 is 1.20 bits per heavy atom. The molecule has 0 aliphatic rings. The molecule has 1 heterocycles. The number of carbonyl (C=O) groups excluding carboxylic acids is 1. The highest BCUT2D eigenvalue weighted by atomic mass is 35.5. The van der Waals surface area contributed by atoms with E-state index in [0.717, 1.165) is 31.5 Å². The zero-order valence-corrected chi connectivity index (χ0v) is 15.4. The monoisotopic (exact) mass is 361 g/mol. The Balaban J connectivity index is 1.74. The number of nitrogens with one attached hydrogen (secondary N) is 2. The van der Waals surface area contributed by atoms with Crippen molar-refractivity contribution in [1.29, 1.82) is 0 Å². The van der Waals surface area contributed by atoms with Gasteiger partial charge in [-0.2, -0.15) is 0 Å². The molecule has 0 saturated heterocycles. The summed E-state index contributed by atoms with van der Waals surface area (Å²) >= 11 is 5.95. The summed E-state index contributed by atoms with van der Waals surface area (Å²) in [6, 6.07) is 7.61. The van der Waals surface area contributed by atoms with Gasteiger partial charge in [0, 0.05) is 30.5 Å². The lowest BCUT2D eigenvalue weighted by Crippen LogP contribution is -2.26. The van der Waals surface area contributed by atoms with E-state index in [0.29, 0.717) is 23.1 Å². The highest BCUT2D eigenvalue weighted by Crippen LogP contribution is 2.10. The van der Waals surface area contributed by atoms with Gasteiger partial charge in [0.05, 0.1) is 5.56 Å². The van der Waals surface area contributed by atoms with Gasteiger partial charge in [-0.05, 0) is 51.2 Å². The predicted octanol–water partition coefficient (Wildman–Crippen LogP) is 2.47. The molecule has 134 valence electrons.